The lowest BCUT2D eigenvalue weighted by molar-refractivity contribution is 0.426. The molecule has 1 aromatic carbocycles. The average Bonchev–Trinajstić information content (AvgIpc) is 2.46. The van der Waals surface area contributed by atoms with Crippen LogP contribution in [0.25, 0.3) is 10.1 Å². The third-order valence-corrected chi connectivity index (χ3v) is 3.02. The number of rotatable bonds is 1. The normalized spacial score (nSPS) is 10.7. The molecular formula is C9H9BO2S. The molecule has 0 saturated heterocycles. The van der Waals surface area contributed by atoms with Gasteiger partial charge in [-0.25, -0.2) is 0 Å². The summed E-state index contributed by atoms with van der Waals surface area (Å²) in [6.45, 7) is 1.99. The van der Waals surface area contributed by atoms with Gasteiger partial charge in [0.1, 0.15) is 0 Å². The third-order valence-electron chi connectivity index (χ3n) is 2.04. The van der Waals surface area contributed by atoms with Crippen LogP contribution in [0.5, 0.6) is 0 Å². The van der Waals surface area contributed by atoms with Gasteiger partial charge in [0.05, 0.1) is 0 Å². The second-order valence-corrected chi connectivity index (χ2v) is 3.98. The molecule has 0 amide bonds. The highest BCUT2D eigenvalue weighted by atomic mass is 32.1. The van der Waals surface area contributed by atoms with E-state index in [1.165, 1.54) is 11.3 Å². The van der Waals surface area contributed by atoms with Gasteiger partial charge in [0.15, 0.2) is 0 Å². The lowest BCUT2D eigenvalue weighted by Gasteiger charge is -1.97. The Kier molecular flexibility index (Phi) is 2.11. The SMILES string of the molecule is Cc1ccc2scc(B(O)O)c2c1. The monoisotopic (exact) mass is 192 g/mol. The van der Waals surface area contributed by atoms with Gasteiger partial charge >= 0.3 is 7.12 Å². The molecule has 4 heteroatoms. The Hall–Kier alpha value is -0.835. The van der Waals surface area contributed by atoms with Crippen LogP contribution in [0.4, 0.5) is 0 Å². The fraction of sp³-hybridized carbons (Fsp3) is 0.111. The molecule has 2 nitrogen and oxygen atoms in total. The summed E-state index contributed by atoms with van der Waals surface area (Å²) in [5.41, 5.74) is 1.73. The van der Waals surface area contributed by atoms with Gasteiger partial charge in [0.25, 0.3) is 0 Å². The first kappa shape index (κ1) is 8.75. The molecule has 2 rings (SSSR count). The highest BCUT2D eigenvalue weighted by Crippen LogP contribution is 2.20. The number of aryl methyl sites for hydroxylation is 1. The summed E-state index contributed by atoms with van der Waals surface area (Å²) >= 11 is 1.53. The Morgan fingerprint density at radius 2 is 2.08 bits per heavy atom. The zero-order valence-electron chi connectivity index (χ0n) is 7.19. The van der Waals surface area contributed by atoms with Gasteiger partial charge < -0.3 is 10.0 Å². The van der Waals surface area contributed by atoms with Crippen molar-refractivity contribution in [3.05, 3.63) is 29.1 Å². The van der Waals surface area contributed by atoms with Crippen LogP contribution in [0.3, 0.4) is 0 Å². The van der Waals surface area contributed by atoms with Gasteiger partial charge in [-0.2, -0.15) is 0 Å². The van der Waals surface area contributed by atoms with E-state index in [9.17, 15) is 0 Å². The maximum atomic E-state index is 9.06. The first-order valence-corrected chi connectivity index (χ1v) is 4.90. The van der Waals surface area contributed by atoms with Crippen LogP contribution in [0.2, 0.25) is 0 Å². The van der Waals surface area contributed by atoms with E-state index in [1.807, 2.05) is 25.1 Å². The molecule has 0 aliphatic heterocycles. The summed E-state index contributed by atoms with van der Waals surface area (Å²) in [4.78, 5) is 0. The van der Waals surface area contributed by atoms with E-state index in [0.717, 1.165) is 15.6 Å². The topological polar surface area (TPSA) is 40.5 Å². The molecular weight excluding hydrogens is 183 g/mol. The number of fused-ring (bicyclic) bond motifs is 1. The molecule has 66 valence electrons. The molecule has 0 aliphatic rings. The summed E-state index contributed by atoms with van der Waals surface area (Å²) in [5, 5.41) is 20.9. The second kappa shape index (κ2) is 3.14. The Bertz CT molecular complexity index is 436. The number of hydrogen-bond donors (Lipinski definition) is 2. The van der Waals surface area contributed by atoms with Crippen LogP contribution in [0.15, 0.2) is 23.6 Å². The fourth-order valence-corrected chi connectivity index (χ4v) is 2.32. The molecule has 13 heavy (non-hydrogen) atoms. The number of thiophene rings is 1. The van der Waals surface area contributed by atoms with E-state index in [0.29, 0.717) is 5.46 Å². The maximum absolute atomic E-state index is 9.06. The van der Waals surface area contributed by atoms with E-state index < -0.39 is 7.12 Å². The first-order valence-electron chi connectivity index (χ1n) is 4.02. The lowest BCUT2D eigenvalue weighted by atomic mass is 9.80. The smallest absolute Gasteiger partial charge is 0.423 e. The Balaban J connectivity index is 2.71. The molecule has 0 bridgehead atoms. The molecule has 1 aromatic heterocycles. The zero-order chi connectivity index (χ0) is 9.42. The van der Waals surface area contributed by atoms with Crippen LogP contribution >= 0.6 is 11.3 Å². The van der Waals surface area contributed by atoms with Gasteiger partial charge in [0.2, 0.25) is 0 Å². The Morgan fingerprint density at radius 3 is 2.77 bits per heavy atom. The molecule has 0 aliphatic carbocycles. The molecule has 0 fully saturated rings. The molecule has 2 N–H and O–H groups in total. The van der Waals surface area contributed by atoms with E-state index in [1.54, 1.807) is 5.38 Å². The molecule has 0 unspecified atom stereocenters. The molecule has 0 saturated carbocycles. The highest BCUT2D eigenvalue weighted by Gasteiger charge is 2.15. The summed E-state index contributed by atoms with van der Waals surface area (Å²) in [7, 11) is -1.37. The molecule has 0 radical (unpaired) electrons. The standard InChI is InChI=1S/C9H9BO2S/c1-6-2-3-9-7(4-6)8(5-13-9)10(11)12/h2-5,11-12H,1H3. The maximum Gasteiger partial charge on any atom is 0.489 e. The average molecular weight is 192 g/mol. The van der Waals surface area contributed by atoms with Gasteiger partial charge in [-0.3, -0.25) is 0 Å². The van der Waals surface area contributed by atoms with Gasteiger partial charge in [-0.15, -0.1) is 11.3 Å². The predicted molar refractivity (Wildman–Crippen MR) is 56.4 cm³/mol. The highest BCUT2D eigenvalue weighted by molar-refractivity contribution is 7.18. The zero-order valence-corrected chi connectivity index (χ0v) is 8.01. The van der Waals surface area contributed by atoms with Crippen molar-refractivity contribution < 1.29 is 10.0 Å². The number of hydrogen-bond acceptors (Lipinski definition) is 3. The van der Waals surface area contributed by atoms with Crippen molar-refractivity contribution in [2.24, 2.45) is 0 Å². The van der Waals surface area contributed by atoms with Crippen molar-refractivity contribution in [3.63, 3.8) is 0 Å². The van der Waals surface area contributed by atoms with E-state index in [-0.39, 0.29) is 0 Å². The summed E-state index contributed by atoms with van der Waals surface area (Å²) < 4.78 is 1.09. The minimum absolute atomic E-state index is 0.601. The summed E-state index contributed by atoms with van der Waals surface area (Å²) in [6, 6.07) is 5.99. The van der Waals surface area contributed by atoms with Crippen LogP contribution in [-0.2, 0) is 0 Å². The van der Waals surface area contributed by atoms with Crippen LogP contribution < -0.4 is 5.46 Å². The summed E-state index contributed by atoms with van der Waals surface area (Å²) in [5.74, 6) is 0. The minimum atomic E-state index is -1.37. The van der Waals surface area contributed by atoms with Crippen molar-refractivity contribution >= 4 is 34.0 Å². The largest absolute Gasteiger partial charge is 0.489 e. The third kappa shape index (κ3) is 1.48. The molecule has 2 aromatic rings. The molecule has 0 atom stereocenters. The number of benzene rings is 1. The lowest BCUT2D eigenvalue weighted by Crippen LogP contribution is -2.28. The fourth-order valence-electron chi connectivity index (χ4n) is 1.36. The van der Waals surface area contributed by atoms with E-state index in [4.69, 9.17) is 10.0 Å². The van der Waals surface area contributed by atoms with E-state index >= 15 is 0 Å². The van der Waals surface area contributed by atoms with E-state index in [2.05, 4.69) is 0 Å². The Labute approximate surface area is 80.6 Å². The van der Waals surface area contributed by atoms with Crippen LogP contribution in [-0.4, -0.2) is 17.2 Å². The second-order valence-electron chi connectivity index (χ2n) is 3.06. The van der Waals surface area contributed by atoms with Crippen LogP contribution in [0.1, 0.15) is 5.56 Å². The van der Waals surface area contributed by atoms with Crippen molar-refractivity contribution in [2.45, 2.75) is 6.92 Å². The van der Waals surface area contributed by atoms with Crippen molar-refractivity contribution in [2.75, 3.05) is 0 Å². The predicted octanol–water partition coefficient (Wildman–Crippen LogP) is 0.890. The van der Waals surface area contributed by atoms with Gasteiger partial charge in [-0.1, -0.05) is 17.7 Å². The quantitative estimate of drug-likeness (QED) is 0.658. The molecule has 1 heterocycles. The van der Waals surface area contributed by atoms with Gasteiger partial charge in [0, 0.05) is 10.2 Å². The Morgan fingerprint density at radius 1 is 1.31 bits per heavy atom. The first-order chi connectivity index (χ1) is 6.18. The van der Waals surface area contributed by atoms with Crippen molar-refractivity contribution in [1.29, 1.82) is 0 Å². The minimum Gasteiger partial charge on any atom is -0.423 e. The van der Waals surface area contributed by atoms with Crippen molar-refractivity contribution in [1.82, 2.24) is 0 Å². The van der Waals surface area contributed by atoms with Crippen molar-refractivity contribution in [3.8, 4) is 0 Å². The summed E-state index contributed by atoms with van der Waals surface area (Å²) in [6.07, 6.45) is 0. The van der Waals surface area contributed by atoms with Crippen LogP contribution in [0, 0.1) is 6.92 Å². The molecule has 0 spiro atoms. The van der Waals surface area contributed by atoms with Gasteiger partial charge in [-0.05, 0) is 23.8 Å².